The molecule has 0 aliphatic carbocycles. The highest BCUT2D eigenvalue weighted by atomic mass is 35.5. The van der Waals surface area contributed by atoms with Crippen LogP contribution in [-0.4, -0.2) is 40.6 Å². The molecule has 0 atom stereocenters. The van der Waals surface area contributed by atoms with Crippen molar-refractivity contribution in [3.8, 4) is 22.9 Å². The zero-order chi connectivity index (χ0) is 22.3. The van der Waals surface area contributed by atoms with Gasteiger partial charge in [-0.05, 0) is 30.0 Å². The molecule has 0 spiro atoms. The third kappa shape index (κ3) is 4.39. The van der Waals surface area contributed by atoms with Crippen molar-refractivity contribution in [3.63, 3.8) is 0 Å². The topological polar surface area (TPSA) is 61.4 Å². The van der Waals surface area contributed by atoms with Gasteiger partial charge in [0.25, 0.3) is 0 Å². The molecule has 0 fully saturated rings. The summed E-state index contributed by atoms with van der Waals surface area (Å²) in [5.41, 5.74) is -2.22. The van der Waals surface area contributed by atoms with Crippen molar-refractivity contribution < 1.29 is 13.2 Å². The summed E-state index contributed by atoms with van der Waals surface area (Å²) in [6.45, 7) is 2.03. The number of alkyl halides is 3. The average molecular weight is 485 g/mol. The third-order valence-electron chi connectivity index (χ3n) is 4.45. The largest absolute Gasteiger partial charge is 0.447 e. The molecule has 6 nitrogen and oxygen atoms in total. The van der Waals surface area contributed by atoms with E-state index in [1.165, 1.54) is 6.07 Å². The first-order valence-electron chi connectivity index (χ1n) is 9.09. The molecule has 12 heteroatoms. The van der Waals surface area contributed by atoms with Crippen molar-refractivity contribution in [1.29, 1.82) is 0 Å². The van der Waals surface area contributed by atoms with Crippen LogP contribution >= 0.6 is 35.1 Å². The molecule has 0 unspecified atom stereocenters. The van der Waals surface area contributed by atoms with E-state index in [1.54, 1.807) is 35.5 Å². The van der Waals surface area contributed by atoms with Gasteiger partial charge in [-0.15, -0.1) is 22.0 Å². The summed E-state index contributed by atoms with van der Waals surface area (Å²) in [6, 6.07) is 8.65. The summed E-state index contributed by atoms with van der Waals surface area (Å²) in [7, 11) is 3.66. The first-order chi connectivity index (χ1) is 14.7. The molecular weight excluding hydrogens is 469 g/mol. The van der Waals surface area contributed by atoms with Gasteiger partial charge in [-0.1, -0.05) is 18.5 Å². The SMILES string of the molecule is CCSc1c(-c2nc3cc(SC(F)(F)F)nnc3n2C)nc(-c2ccc(Cl)cc2)n1C. The maximum Gasteiger partial charge on any atom is 0.447 e. The Labute approximate surface area is 189 Å². The maximum absolute atomic E-state index is 12.7. The molecule has 3 aromatic heterocycles. The lowest BCUT2D eigenvalue weighted by Crippen LogP contribution is -2.01. The van der Waals surface area contributed by atoms with Crippen LogP contribution in [0.1, 0.15) is 6.92 Å². The molecule has 0 N–H and O–H groups in total. The fraction of sp³-hybridized carbons (Fsp3) is 0.263. The minimum atomic E-state index is -4.45. The molecule has 162 valence electrons. The highest BCUT2D eigenvalue weighted by Gasteiger charge is 2.31. The lowest BCUT2D eigenvalue weighted by atomic mass is 10.2. The zero-order valence-electron chi connectivity index (χ0n) is 16.6. The van der Waals surface area contributed by atoms with E-state index in [1.807, 2.05) is 30.7 Å². The summed E-state index contributed by atoms with van der Waals surface area (Å²) >= 11 is 7.30. The van der Waals surface area contributed by atoms with Crippen LogP contribution in [0.25, 0.3) is 34.1 Å². The monoisotopic (exact) mass is 484 g/mol. The lowest BCUT2D eigenvalue weighted by Gasteiger charge is -2.06. The number of thioether (sulfide) groups is 2. The molecule has 4 aromatic rings. The van der Waals surface area contributed by atoms with E-state index in [0.717, 1.165) is 22.2 Å². The molecule has 0 saturated heterocycles. The second-order valence-corrected chi connectivity index (χ2v) is 9.30. The van der Waals surface area contributed by atoms with Crippen molar-refractivity contribution in [1.82, 2.24) is 29.3 Å². The van der Waals surface area contributed by atoms with Crippen LogP contribution in [0.15, 0.2) is 40.4 Å². The number of aryl methyl sites for hydroxylation is 1. The number of aromatic nitrogens is 6. The first kappa shape index (κ1) is 22.0. The van der Waals surface area contributed by atoms with Crippen LogP contribution in [0.3, 0.4) is 0 Å². The summed E-state index contributed by atoms with van der Waals surface area (Å²) in [5.74, 6) is 2.04. The van der Waals surface area contributed by atoms with Crippen LogP contribution in [0.4, 0.5) is 13.2 Å². The molecule has 0 saturated carbocycles. The Balaban J connectivity index is 1.85. The van der Waals surface area contributed by atoms with Crippen molar-refractivity contribution in [2.45, 2.75) is 22.5 Å². The zero-order valence-corrected chi connectivity index (χ0v) is 19.0. The summed E-state index contributed by atoms with van der Waals surface area (Å²) in [4.78, 5) is 9.37. The Morgan fingerprint density at radius 3 is 2.35 bits per heavy atom. The number of imidazole rings is 2. The van der Waals surface area contributed by atoms with Crippen LogP contribution in [0, 0.1) is 0 Å². The number of benzene rings is 1. The van der Waals surface area contributed by atoms with Gasteiger partial charge in [-0.3, -0.25) is 0 Å². The van der Waals surface area contributed by atoms with E-state index >= 15 is 0 Å². The number of hydrogen-bond donors (Lipinski definition) is 0. The highest BCUT2D eigenvalue weighted by Crippen LogP contribution is 2.38. The molecular formula is C19H16ClF3N6S2. The van der Waals surface area contributed by atoms with Crippen LogP contribution < -0.4 is 0 Å². The van der Waals surface area contributed by atoms with E-state index in [0.29, 0.717) is 27.7 Å². The number of hydrogen-bond acceptors (Lipinski definition) is 6. The van der Waals surface area contributed by atoms with Gasteiger partial charge in [-0.25, -0.2) is 9.97 Å². The van der Waals surface area contributed by atoms with Gasteiger partial charge < -0.3 is 9.13 Å². The minimum absolute atomic E-state index is 0.254. The molecule has 0 radical (unpaired) electrons. The number of rotatable bonds is 5. The Bertz CT molecular complexity index is 1250. The number of halogens is 4. The van der Waals surface area contributed by atoms with Gasteiger partial charge in [0.05, 0.1) is 0 Å². The van der Waals surface area contributed by atoms with Crippen LogP contribution in [-0.2, 0) is 14.1 Å². The highest BCUT2D eigenvalue weighted by molar-refractivity contribution is 8.00. The predicted molar refractivity (Wildman–Crippen MR) is 117 cm³/mol. The van der Waals surface area contributed by atoms with Gasteiger partial charge in [-0.2, -0.15) is 13.2 Å². The van der Waals surface area contributed by atoms with Crippen molar-refractivity contribution in [2.24, 2.45) is 14.1 Å². The van der Waals surface area contributed by atoms with Crippen molar-refractivity contribution in [3.05, 3.63) is 35.4 Å². The molecule has 0 amide bonds. The Morgan fingerprint density at radius 1 is 1.00 bits per heavy atom. The van der Waals surface area contributed by atoms with E-state index in [2.05, 4.69) is 15.2 Å². The van der Waals surface area contributed by atoms with Crippen LogP contribution in [0.5, 0.6) is 0 Å². The van der Waals surface area contributed by atoms with Gasteiger partial charge >= 0.3 is 5.51 Å². The lowest BCUT2D eigenvalue weighted by molar-refractivity contribution is -0.0329. The van der Waals surface area contributed by atoms with Gasteiger partial charge in [0.15, 0.2) is 11.5 Å². The Kier molecular flexibility index (Phi) is 5.93. The molecule has 0 bridgehead atoms. The Morgan fingerprint density at radius 2 is 1.71 bits per heavy atom. The van der Waals surface area contributed by atoms with E-state index in [4.69, 9.17) is 16.6 Å². The molecule has 31 heavy (non-hydrogen) atoms. The standard InChI is InChI=1S/C19H16ClF3N6S2/c1-4-30-18-14(25-15(29(18)3)10-5-7-11(20)8-6-10)17-24-12-9-13(31-19(21,22)23)26-27-16(12)28(17)2/h5-9H,4H2,1-3H3. The fourth-order valence-electron chi connectivity index (χ4n) is 3.14. The number of nitrogens with zero attached hydrogens (tertiary/aromatic N) is 6. The van der Waals surface area contributed by atoms with Crippen LogP contribution in [0.2, 0.25) is 5.02 Å². The van der Waals surface area contributed by atoms with Gasteiger partial charge in [0.1, 0.15) is 27.1 Å². The molecule has 4 rings (SSSR count). The predicted octanol–water partition coefficient (Wildman–Crippen LogP) is 5.81. The molecule has 3 heterocycles. The summed E-state index contributed by atoms with van der Waals surface area (Å²) in [6.07, 6.45) is 0. The molecule has 1 aromatic carbocycles. The van der Waals surface area contributed by atoms with E-state index in [-0.39, 0.29) is 16.8 Å². The molecule has 0 aliphatic rings. The quantitative estimate of drug-likeness (QED) is 0.333. The third-order valence-corrected chi connectivity index (χ3v) is 6.37. The normalized spacial score (nSPS) is 12.1. The number of fused-ring (bicyclic) bond motifs is 1. The van der Waals surface area contributed by atoms with Crippen molar-refractivity contribution >= 4 is 46.3 Å². The van der Waals surface area contributed by atoms with E-state index in [9.17, 15) is 13.2 Å². The smallest absolute Gasteiger partial charge is 0.322 e. The van der Waals surface area contributed by atoms with E-state index < -0.39 is 5.51 Å². The second-order valence-electron chi connectivity index (χ2n) is 6.52. The fourth-order valence-corrected chi connectivity index (χ4v) is 4.58. The minimum Gasteiger partial charge on any atom is -0.322 e. The summed E-state index contributed by atoms with van der Waals surface area (Å²) in [5, 5.41) is 8.91. The first-order valence-corrected chi connectivity index (χ1v) is 11.3. The maximum atomic E-state index is 12.7. The summed E-state index contributed by atoms with van der Waals surface area (Å²) < 4.78 is 41.8. The van der Waals surface area contributed by atoms with Gasteiger partial charge in [0.2, 0.25) is 0 Å². The Hall–Kier alpha value is -2.24. The average Bonchev–Trinajstić information content (AvgIpc) is 3.19. The second kappa shape index (κ2) is 8.36. The van der Waals surface area contributed by atoms with Gasteiger partial charge in [0, 0.05) is 42.5 Å². The van der Waals surface area contributed by atoms with Crippen molar-refractivity contribution in [2.75, 3.05) is 5.75 Å². The molecule has 0 aliphatic heterocycles.